The summed E-state index contributed by atoms with van der Waals surface area (Å²) in [6.07, 6.45) is 1.90. The Morgan fingerprint density at radius 3 is 2.79 bits per heavy atom. The Morgan fingerprint density at radius 2 is 2.07 bits per heavy atom. The number of aliphatic imine (C=N–C) groups is 1. The lowest BCUT2D eigenvalue weighted by atomic mass is 9.97. The van der Waals surface area contributed by atoms with Gasteiger partial charge in [0.2, 0.25) is 5.91 Å². The molecule has 1 amide bonds. The van der Waals surface area contributed by atoms with E-state index >= 15 is 0 Å². The van der Waals surface area contributed by atoms with Crippen molar-refractivity contribution in [3.05, 3.63) is 34.8 Å². The molecular weight excluding hydrogens is 359 g/mol. The van der Waals surface area contributed by atoms with E-state index < -0.39 is 5.82 Å². The molecule has 1 aromatic heterocycles. The number of amides is 1. The van der Waals surface area contributed by atoms with Crippen LogP contribution in [-0.2, 0) is 17.9 Å². The molecule has 0 bridgehead atoms. The molecule has 0 spiro atoms. The van der Waals surface area contributed by atoms with E-state index in [0.29, 0.717) is 25.2 Å². The Balaban J connectivity index is 1.73. The van der Waals surface area contributed by atoms with Gasteiger partial charge in [0.05, 0.1) is 24.3 Å². The first-order chi connectivity index (χ1) is 13.4. The van der Waals surface area contributed by atoms with Gasteiger partial charge in [0, 0.05) is 41.2 Å². The molecule has 0 unspecified atom stereocenters. The molecule has 2 aromatic rings. The molecule has 3 aliphatic rings. The zero-order valence-corrected chi connectivity index (χ0v) is 16.2. The predicted molar refractivity (Wildman–Crippen MR) is 104 cm³/mol. The molecule has 0 atom stereocenters. The Morgan fingerprint density at radius 1 is 1.29 bits per heavy atom. The molecule has 0 saturated heterocycles. The molecule has 1 aromatic carbocycles. The topological polar surface area (TPSA) is 57.9 Å². The summed E-state index contributed by atoms with van der Waals surface area (Å²) in [7, 11) is 3.99. The number of ketones is 1. The number of halogens is 1. The zero-order chi connectivity index (χ0) is 19.6. The van der Waals surface area contributed by atoms with Crippen molar-refractivity contribution >= 4 is 28.3 Å². The van der Waals surface area contributed by atoms with Crippen LogP contribution in [0.4, 0.5) is 4.39 Å². The third kappa shape index (κ3) is 2.68. The Labute approximate surface area is 162 Å². The molecule has 3 heterocycles. The quantitative estimate of drug-likeness (QED) is 0.814. The largest absolute Gasteiger partial charge is 0.341 e. The maximum absolute atomic E-state index is 14.4. The summed E-state index contributed by atoms with van der Waals surface area (Å²) in [5, 5.41) is 0.801. The van der Waals surface area contributed by atoms with E-state index in [1.54, 1.807) is 0 Å². The van der Waals surface area contributed by atoms with Crippen LogP contribution in [0.2, 0.25) is 0 Å². The van der Waals surface area contributed by atoms with Gasteiger partial charge in [-0.15, -0.1) is 0 Å². The fourth-order valence-corrected chi connectivity index (χ4v) is 4.37. The minimum Gasteiger partial charge on any atom is -0.341 e. The fraction of sp³-hybridized carbons (Fsp3) is 0.476. The van der Waals surface area contributed by atoms with Crippen molar-refractivity contribution in [2.24, 2.45) is 10.9 Å². The van der Waals surface area contributed by atoms with Crippen molar-refractivity contribution < 1.29 is 14.0 Å². The first-order valence-electron chi connectivity index (χ1n) is 9.79. The Bertz CT molecular complexity index is 1050. The molecule has 1 fully saturated rings. The van der Waals surface area contributed by atoms with E-state index in [-0.39, 0.29) is 24.2 Å². The molecule has 1 aliphatic carbocycles. The minimum atomic E-state index is -0.411. The number of hydrogen-bond donors (Lipinski definition) is 0. The molecular formula is C21H23FN4O2. The van der Waals surface area contributed by atoms with E-state index in [1.807, 2.05) is 19.0 Å². The number of carbonyl (C=O) groups excluding carboxylic acids is 2. The van der Waals surface area contributed by atoms with Gasteiger partial charge in [0.15, 0.2) is 5.78 Å². The van der Waals surface area contributed by atoms with Gasteiger partial charge in [-0.3, -0.25) is 14.6 Å². The van der Waals surface area contributed by atoms with Crippen LogP contribution in [0.5, 0.6) is 0 Å². The lowest BCUT2D eigenvalue weighted by molar-refractivity contribution is -0.132. The van der Waals surface area contributed by atoms with E-state index in [0.717, 1.165) is 47.3 Å². The second-order valence-corrected chi connectivity index (χ2v) is 8.28. The van der Waals surface area contributed by atoms with E-state index in [4.69, 9.17) is 0 Å². The molecule has 146 valence electrons. The van der Waals surface area contributed by atoms with Crippen LogP contribution in [0, 0.1) is 11.7 Å². The zero-order valence-electron chi connectivity index (χ0n) is 16.2. The van der Waals surface area contributed by atoms with Gasteiger partial charge >= 0.3 is 0 Å². The minimum absolute atomic E-state index is 0.00512. The fourth-order valence-electron chi connectivity index (χ4n) is 4.37. The average Bonchev–Trinajstić information content (AvgIpc) is 3.46. The normalized spacial score (nSPS) is 18.6. The van der Waals surface area contributed by atoms with Gasteiger partial charge in [-0.2, -0.15) is 0 Å². The first-order valence-corrected chi connectivity index (χ1v) is 9.79. The highest BCUT2D eigenvalue weighted by Crippen LogP contribution is 2.38. The summed E-state index contributed by atoms with van der Waals surface area (Å²) in [4.78, 5) is 33.9. The van der Waals surface area contributed by atoms with Gasteiger partial charge in [-0.25, -0.2) is 4.39 Å². The SMILES string of the molecule is CN(C)CCn1c2c3c4c(cc(F)cc41)C(=O)CN=C3CN(C(=O)C1CC1)C2. The smallest absolute Gasteiger partial charge is 0.226 e. The molecule has 28 heavy (non-hydrogen) atoms. The van der Waals surface area contributed by atoms with Crippen LogP contribution in [0.25, 0.3) is 10.9 Å². The maximum Gasteiger partial charge on any atom is 0.226 e. The summed E-state index contributed by atoms with van der Waals surface area (Å²) in [6, 6.07) is 2.84. The van der Waals surface area contributed by atoms with Gasteiger partial charge < -0.3 is 14.4 Å². The van der Waals surface area contributed by atoms with Gasteiger partial charge in [0.25, 0.3) is 0 Å². The maximum atomic E-state index is 14.4. The third-order valence-corrected chi connectivity index (χ3v) is 5.93. The monoisotopic (exact) mass is 382 g/mol. The number of rotatable bonds is 4. The number of likely N-dealkylation sites (N-methyl/N-ethyl adjacent to an activating group) is 1. The van der Waals surface area contributed by atoms with Gasteiger partial charge in [-0.05, 0) is 39.1 Å². The molecule has 5 rings (SSSR count). The summed E-state index contributed by atoms with van der Waals surface area (Å²) in [6.45, 7) is 2.36. The lowest BCUT2D eigenvalue weighted by Crippen LogP contribution is -2.41. The standard InChI is InChI=1S/C21H23FN4O2/c1-24(2)5-6-26-16-8-13(22)7-14-18(27)9-23-15-10-25(21(28)12-3-4-12)11-17(26)20(15)19(14)16/h7-8,12H,3-6,9-11H2,1-2H3. The Kier molecular flexibility index (Phi) is 3.91. The van der Waals surface area contributed by atoms with Crippen molar-refractivity contribution in [3.8, 4) is 0 Å². The molecule has 2 aliphatic heterocycles. The van der Waals surface area contributed by atoms with Crippen molar-refractivity contribution in [1.82, 2.24) is 14.4 Å². The highest BCUT2D eigenvalue weighted by Gasteiger charge is 2.39. The molecule has 7 heteroatoms. The lowest BCUT2D eigenvalue weighted by Gasteiger charge is -2.30. The Hall–Kier alpha value is -2.54. The van der Waals surface area contributed by atoms with Crippen LogP contribution in [0.15, 0.2) is 17.1 Å². The van der Waals surface area contributed by atoms with Crippen LogP contribution >= 0.6 is 0 Å². The average molecular weight is 382 g/mol. The third-order valence-electron chi connectivity index (χ3n) is 5.93. The van der Waals surface area contributed by atoms with Crippen molar-refractivity contribution in [1.29, 1.82) is 0 Å². The summed E-state index contributed by atoms with van der Waals surface area (Å²) < 4.78 is 16.5. The number of nitrogens with zero attached hydrogens (tertiary/aromatic N) is 4. The molecule has 1 saturated carbocycles. The van der Waals surface area contributed by atoms with Gasteiger partial charge in [0.1, 0.15) is 12.4 Å². The van der Waals surface area contributed by atoms with Crippen molar-refractivity contribution in [2.75, 3.05) is 33.7 Å². The summed E-state index contributed by atoms with van der Waals surface area (Å²) in [5.74, 6) is -0.285. The number of benzene rings is 1. The van der Waals surface area contributed by atoms with Crippen molar-refractivity contribution in [3.63, 3.8) is 0 Å². The number of aromatic nitrogens is 1. The van der Waals surface area contributed by atoms with E-state index in [1.165, 1.54) is 12.1 Å². The van der Waals surface area contributed by atoms with Crippen LogP contribution in [0.1, 0.15) is 34.5 Å². The van der Waals surface area contributed by atoms with Crippen LogP contribution in [0.3, 0.4) is 0 Å². The van der Waals surface area contributed by atoms with E-state index in [9.17, 15) is 14.0 Å². The summed E-state index contributed by atoms with van der Waals surface area (Å²) in [5.41, 5.74) is 3.83. The summed E-state index contributed by atoms with van der Waals surface area (Å²) >= 11 is 0. The molecule has 0 radical (unpaired) electrons. The highest BCUT2D eigenvalue weighted by molar-refractivity contribution is 6.23. The van der Waals surface area contributed by atoms with Gasteiger partial charge in [-0.1, -0.05) is 0 Å². The van der Waals surface area contributed by atoms with Crippen molar-refractivity contribution in [2.45, 2.75) is 25.9 Å². The second kappa shape index (κ2) is 6.24. The van der Waals surface area contributed by atoms with Crippen LogP contribution < -0.4 is 0 Å². The number of hydrogen-bond acceptors (Lipinski definition) is 4. The van der Waals surface area contributed by atoms with Crippen LogP contribution in [-0.4, -0.2) is 65.5 Å². The second-order valence-electron chi connectivity index (χ2n) is 8.28. The number of Topliss-reactive ketones (excluding diaryl/α,β-unsaturated/α-hetero) is 1. The first kappa shape index (κ1) is 17.6. The van der Waals surface area contributed by atoms with E-state index in [2.05, 4.69) is 14.5 Å². The highest BCUT2D eigenvalue weighted by atomic mass is 19.1. The predicted octanol–water partition coefficient (Wildman–Crippen LogP) is 2.08. The molecule has 0 N–H and O–H groups in total. The molecule has 6 nitrogen and oxygen atoms in total. The number of carbonyl (C=O) groups is 2.